The Morgan fingerprint density at radius 1 is 1.57 bits per heavy atom. The van der Waals surface area contributed by atoms with Gasteiger partial charge in [-0.3, -0.25) is 0 Å². The first kappa shape index (κ1) is 10.8. The monoisotopic (exact) mass is 195 g/mol. The summed E-state index contributed by atoms with van der Waals surface area (Å²) in [5.41, 5.74) is 6.28. The number of nitrogen functional groups attached to an aromatic ring is 1. The van der Waals surface area contributed by atoms with Crippen LogP contribution in [0.3, 0.4) is 0 Å². The van der Waals surface area contributed by atoms with Crippen LogP contribution in [-0.4, -0.2) is 22.7 Å². The van der Waals surface area contributed by atoms with Gasteiger partial charge in [0.1, 0.15) is 5.82 Å². The summed E-state index contributed by atoms with van der Waals surface area (Å²) in [6.45, 7) is 4.18. The summed E-state index contributed by atoms with van der Waals surface area (Å²) in [6, 6.07) is 3.50. The van der Waals surface area contributed by atoms with Gasteiger partial charge >= 0.3 is 0 Å². The molecular formula is C10H17N3O. The number of aliphatic hydroxyl groups is 1. The Balaban J connectivity index is 2.67. The minimum Gasteiger partial charge on any atom is -0.399 e. The molecule has 0 aliphatic carbocycles. The zero-order chi connectivity index (χ0) is 10.6. The van der Waals surface area contributed by atoms with E-state index in [4.69, 9.17) is 10.8 Å². The van der Waals surface area contributed by atoms with Crippen molar-refractivity contribution < 1.29 is 5.11 Å². The minimum atomic E-state index is 0.0179. The molecule has 4 N–H and O–H groups in total. The summed E-state index contributed by atoms with van der Waals surface area (Å²) in [5.74, 6) is 1.06. The van der Waals surface area contributed by atoms with E-state index in [1.807, 2.05) is 13.8 Å². The highest BCUT2D eigenvalue weighted by atomic mass is 16.3. The van der Waals surface area contributed by atoms with Gasteiger partial charge in [0.2, 0.25) is 0 Å². The van der Waals surface area contributed by atoms with Crippen LogP contribution in [0.5, 0.6) is 0 Å². The summed E-state index contributed by atoms with van der Waals surface area (Å²) < 4.78 is 0. The van der Waals surface area contributed by atoms with Crippen molar-refractivity contribution in [2.24, 2.45) is 5.92 Å². The van der Waals surface area contributed by atoms with Crippen LogP contribution in [0.15, 0.2) is 18.3 Å². The maximum atomic E-state index is 9.11. The van der Waals surface area contributed by atoms with Crippen LogP contribution in [0.4, 0.5) is 11.5 Å². The standard InChI is InChI=1S/C10H17N3O/c1-7(2)9(6-14)13-10-5-8(11)3-4-12-10/h3-5,7,9,14H,6H2,1-2H3,(H3,11,12,13). The van der Waals surface area contributed by atoms with E-state index in [0.717, 1.165) is 0 Å². The molecule has 0 aliphatic rings. The van der Waals surface area contributed by atoms with Crippen molar-refractivity contribution in [3.05, 3.63) is 18.3 Å². The molecule has 1 atom stereocenters. The van der Waals surface area contributed by atoms with Crippen LogP contribution in [-0.2, 0) is 0 Å². The van der Waals surface area contributed by atoms with E-state index in [1.165, 1.54) is 0 Å². The summed E-state index contributed by atoms with van der Waals surface area (Å²) in [7, 11) is 0. The zero-order valence-corrected chi connectivity index (χ0v) is 8.57. The Labute approximate surface area is 84.2 Å². The fraction of sp³-hybridized carbons (Fsp3) is 0.500. The van der Waals surface area contributed by atoms with Gasteiger partial charge in [-0.2, -0.15) is 0 Å². The largest absolute Gasteiger partial charge is 0.399 e. The van der Waals surface area contributed by atoms with E-state index in [-0.39, 0.29) is 12.6 Å². The van der Waals surface area contributed by atoms with E-state index >= 15 is 0 Å². The number of anilines is 2. The maximum absolute atomic E-state index is 9.11. The molecule has 0 radical (unpaired) electrons. The van der Waals surface area contributed by atoms with E-state index in [2.05, 4.69) is 10.3 Å². The lowest BCUT2D eigenvalue weighted by atomic mass is 10.1. The molecule has 1 rings (SSSR count). The summed E-state index contributed by atoms with van der Waals surface area (Å²) in [6.07, 6.45) is 1.65. The lowest BCUT2D eigenvalue weighted by Gasteiger charge is -2.20. The number of hydrogen-bond acceptors (Lipinski definition) is 4. The highest BCUT2D eigenvalue weighted by molar-refractivity contribution is 5.48. The summed E-state index contributed by atoms with van der Waals surface area (Å²) in [4.78, 5) is 4.11. The van der Waals surface area contributed by atoms with Crippen LogP contribution in [0.1, 0.15) is 13.8 Å². The zero-order valence-electron chi connectivity index (χ0n) is 8.57. The van der Waals surface area contributed by atoms with Gasteiger partial charge in [0.05, 0.1) is 12.6 Å². The second-order valence-electron chi connectivity index (χ2n) is 3.65. The minimum absolute atomic E-state index is 0.0179. The molecule has 1 aromatic heterocycles. The van der Waals surface area contributed by atoms with E-state index < -0.39 is 0 Å². The van der Waals surface area contributed by atoms with Crippen molar-refractivity contribution in [2.45, 2.75) is 19.9 Å². The second kappa shape index (κ2) is 4.81. The predicted molar refractivity (Wildman–Crippen MR) is 58.0 cm³/mol. The van der Waals surface area contributed by atoms with Crippen LogP contribution >= 0.6 is 0 Å². The number of nitrogens with two attached hydrogens (primary N) is 1. The molecule has 4 nitrogen and oxygen atoms in total. The Kier molecular flexibility index (Phi) is 3.71. The molecule has 0 fully saturated rings. The molecule has 0 saturated carbocycles. The van der Waals surface area contributed by atoms with Crippen molar-refractivity contribution in [2.75, 3.05) is 17.7 Å². The van der Waals surface area contributed by atoms with Gasteiger partial charge in [-0.15, -0.1) is 0 Å². The normalized spacial score (nSPS) is 12.9. The average molecular weight is 195 g/mol. The Bertz CT molecular complexity index is 288. The van der Waals surface area contributed by atoms with Crippen molar-refractivity contribution in [1.82, 2.24) is 4.98 Å². The number of rotatable bonds is 4. The smallest absolute Gasteiger partial charge is 0.128 e. The molecular weight excluding hydrogens is 178 g/mol. The molecule has 0 spiro atoms. The molecule has 1 heterocycles. The van der Waals surface area contributed by atoms with Crippen molar-refractivity contribution >= 4 is 11.5 Å². The van der Waals surface area contributed by atoms with Gasteiger partial charge in [-0.25, -0.2) is 4.98 Å². The molecule has 78 valence electrons. The van der Waals surface area contributed by atoms with Crippen LogP contribution in [0, 0.1) is 5.92 Å². The highest BCUT2D eigenvalue weighted by Crippen LogP contribution is 2.12. The lowest BCUT2D eigenvalue weighted by molar-refractivity contribution is 0.249. The number of pyridine rings is 1. The molecule has 1 unspecified atom stereocenters. The van der Waals surface area contributed by atoms with Gasteiger partial charge in [0, 0.05) is 18.0 Å². The molecule has 0 aromatic carbocycles. The van der Waals surface area contributed by atoms with Crippen LogP contribution in [0.25, 0.3) is 0 Å². The van der Waals surface area contributed by atoms with Gasteiger partial charge < -0.3 is 16.2 Å². The summed E-state index contributed by atoms with van der Waals surface area (Å²) in [5, 5.41) is 12.2. The quantitative estimate of drug-likeness (QED) is 0.672. The molecule has 4 heteroatoms. The Morgan fingerprint density at radius 2 is 2.29 bits per heavy atom. The van der Waals surface area contributed by atoms with Crippen LogP contribution < -0.4 is 11.1 Å². The first-order valence-electron chi connectivity index (χ1n) is 4.72. The second-order valence-corrected chi connectivity index (χ2v) is 3.65. The van der Waals surface area contributed by atoms with Crippen LogP contribution in [0.2, 0.25) is 0 Å². The van der Waals surface area contributed by atoms with E-state index in [9.17, 15) is 0 Å². The Morgan fingerprint density at radius 3 is 2.79 bits per heavy atom. The average Bonchev–Trinajstić information content (AvgIpc) is 2.14. The maximum Gasteiger partial charge on any atom is 0.128 e. The molecule has 14 heavy (non-hydrogen) atoms. The van der Waals surface area contributed by atoms with Crippen molar-refractivity contribution in [1.29, 1.82) is 0 Å². The molecule has 0 bridgehead atoms. The van der Waals surface area contributed by atoms with Crippen molar-refractivity contribution in [3.63, 3.8) is 0 Å². The molecule has 1 aromatic rings. The van der Waals surface area contributed by atoms with Gasteiger partial charge in [0.25, 0.3) is 0 Å². The molecule has 0 saturated heterocycles. The lowest BCUT2D eigenvalue weighted by Crippen LogP contribution is -2.29. The third-order valence-corrected chi connectivity index (χ3v) is 2.12. The first-order valence-corrected chi connectivity index (χ1v) is 4.72. The van der Waals surface area contributed by atoms with Gasteiger partial charge in [0.15, 0.2) is 0 Å². The molecule has 0 amide bonds. The molecule has 0 aliphatic heterocycles. The highest BCUT2D eigenvalue weighted by Gasteiger charge is 2.11. The van der Waals surface area contributed by atoms with E-state index in [0.29, 0.717) is 17.4 Å². The number of nitrogens with zero attached hydrogens (tertiary/aromatic N) is 1. The SMILES string of the molecule is CC(C)C(CO)Nc1cc(N)ccn1. The predicted octanol–water partition coefficient (Wildman–Crippen LogP) is 1.09. The first-order chi connectivity index (χ1) is 6.63. The number of hydrogen-bond donors (Lipinski definition) is 3. The van der Waals surface area contributed by atoms with Crippen molar-refractivity contribution in [3.8, 4) is 0 Å². The van der Waals surface area contributed by atoms with Gasteiger partial charge in [-0.1, -0.05) is 13.8 Å². The van der Waals surface area contributed by atoms with E-state index in [1.54, 1.807) is 18.3 Å². The third-order valence-electron chi connectivity index (χ3n) is 2.12. The number of aliphatic hydroxyl groups excluding tert-OH is 1. The fourth-order valence-electron chi connectivity index (χ4n) is 1.14. The fourth-order valence-corrected chi connectivity index (χ4v) is 1.14. The van der Waals surface area contributed by atoms with Gasteiger partial charge in [-0.05, 0) is 12.0 Å². The number of aromatic nitrogens is 1. The Hall–Kier alpha value is -1.29. The third kappa shape index (κ3) is 2.88. The summed E-state index contributed by atoms with van der Waals surface area (Å²) >= 11 is 0. The number of nitrogens with one attached hydrogen (secondary N) is 1. The topological polar surface area (TPSA) is 71.2 Å².